The number of hydrogen-bond acceptors (Lipinski definition) is 2. The largest absolute Gasteiger partial charge is 0.465 e. The van der Waals surface area contributed by atoms with Gasteiger partial charge < -0.3 is 4.74 Å². The standard InChI is InChI=1S/C26H18BrClO2/c1-30-26(29)25-23(18-5-3-2-4-6-18)15-20(17-7-11-21(27)12-8-17)16-24(25)19-9-13-22(28)14-10-19/h2-16H,1H3. The first kappa shape index (κ1) is 20.4. The van der Waals surface area contributed by atoms with E-state index in [0.717, 1.165) is 37.9 Å². The third-order valence-corrected chi connectivity index (χ3v) is 5.73. The number of halogens is 2. The van der Waals surface area contributed by atoms with E-state index in [1.807, 2.05) is 78.9 Å². The molecule has 0 bridgehead atoms. The molecule has 0 amide bonds. The summed E-state index contributed by atoms with van der Waals surface area (Å²) in [6.45, 7) is 0. The lowest BCUT2D eigenvalue weighted by Gasteiger charge is -2.17. The lowest BCUT2D eigenvalue weighted by atomic mass is 9.88. The van der Waals surface area contributed by atoms with Gasteiger partial charge >= 0.3 is 5.97 Å². The van der Waals surface area contributed by atoms with E-state index in [1.165, 1.54) is 7.11 Å². The van der Waals surface area contributed by atoms with Gasteiger partial charge in [-0.3, -0.25) is 0 Å². The Morgan fingerprint density at radius 1 is 0.733 bits per heavy atom. The van der Waals surface area contributed by atoms with E-state index < -0.39 is 0 Å². The lowest BCUT2D eigenvalue weighted by molar-refractivity contribution is 0.0602. The molecule has 0 aliphatic rings. The number of esters is 1. The second-order valence-corrected chi connectivity index (χ2v) is 8.17. The van der Waals surface area contributed by atoms with Gasteiger partial charge in [0.2, 0.25) is 0 Å². The molecule has 0 N–H and O–H groups in total. The van der Waals surface area contributed by atoms with Crippen molar-refractivity contribution in [2.75, 3.05) is 7.11 Å². The average molecular weight is 478 g/mol. The predicted molar refractivity (Wildman–Crippen MR) is 127 cm³/mol. The van der Waals surface area contributed by atoms with Crippen LogP contribution in [0.25, 0.3) is 33.4 Å². The van der Waals surface area contributed by atoms with Gasteiger partial charge in [-0.05, 0) is 69.8 Å². The molecule has 0 aliphatic heterocycles. The van der Waals surface area contributed by atoms with Crippen molar-refractivity contribution in [2.45, 2.75) is 0 Å². The molecule has 4 aromatic rings. The Morgan fingerprint density at radius 3 is 1.83 bits per heavy atom. The monoisotopic (exact) mass is 476 g/mol. The highest BCUT2D eigenvalue weighted by Gasteiger charge is 2.21. The van der Waals surface area contributed by atoms with Crippen molar-refractivity contribution in [3.05, 3.63) is 106 Å². The van der Waals surface area contributed by atoms with E-state index in [0.29, 0.717) is 10.6 Å². The van der Waals surface area contributed by atoms with Crippen LogP contribution in [-0.2, 0) is 4.74 Å². The van der Waals surface area contributed by atoms with E-state index in [1.54, 1.807) is 0 Å². The van der Waals surface area contributed by atoms with Crippen LogP contribution in [0.1, 0.15) is 10.4 Å². The first-order chi connectivity index (χ1) is 14.6. The second-order valence-electron chi connectivity index (χ2n) is 6.82. The summed E-state index contributed by atoms with van der Waals surface area (Å²) in [4.78, 5) is 12.9. The number of benzene rings is 4. The average Bonchev–Trinajstić information content (AvgIpc) is 2.79. The number of methoxy groups -OCH3 is 1. The van der Waals surface area contributed by atoms with Crippen molar-refractivity contribution >= 4 is 33.5 Å². The summed E-state index contributed by atoms with van der Waals surface area (Å²) in [6.07, 6.45) is 0. The molecule has 4 heteroatoms. The molecule has 0 atom stereocenters. The summed E-state index contributed by atoms with van der Waals surface area (Å²) < 4.78 is 6.19. The fourth-order valence-corrected chi connectivity index (χ4v) is 3.87. The van der Waals surface area contributed by atoms with Crippen molar-refractivity contribution in [3.8, 4) is 33.4 Å². The van der Waals surface area contributed by atoms with Crippen LogP contribution in [0.4, 0.5) is 0 Å². The van der Waals surface area contributed by atoms with E-state index in [2.05, 4.69) is 28.1 Å². The molecular weight excluding hydrogens is 460 g/mol. The Bertz CT molecular complexity index is 1180. The van der Waals surface area contributed by atoms with Crippen LogP contribution in [-0.4, -0.2) is 13.1 Å². The maximum absolute atomic E-state index is 12.9. The van der Waals surface area contributed by atoms with Gasteiger partial charge in [-0.25, -0.2) is 4.79 Å². The smallest absolute Gasteiger partial charge is 0.339 e. The van der Waals surface area contributed by atoms with Crippen molar-refractivity contribution in [2.24, 2.45) is 0 Å². The second kappa shape index (κ2) is 8.86. The van der Waals surface area contributed by atoms with Gasteiger partial charge in [0.1, 0.15) is 0 Å². The maximum atomic E-state index is 12.9. The Balaban J connectivity index is 2.05. The maximum Gasteiger partial charge on any atom is 0.339 e. The molecule has 4 rings (SSSR count). The summed E-state index contributed by atoms with van der Waals surface area (Å²) in [5.41, 5.74) is 6.08. The van der Waals surface area contributed by atoms with Crippen molar-refractivity contribution in [1.82, 2.24) is 0 Å². The first-order valence-corrected chi connectivity index (χ1v) is 10.6. The molecule has 0 aliphatic carbocycles. The van der Waals surface area contributed by atoms with Gasteiger partial charge in [-0.1, -0.05) is 82.1 Å². The van der Waals surface area contributed by atoms with Gasteiger partial charge in [0.15, 0.2) is 0 Å². The zero-order valence-electron chi connectivity index (χ0n) is 16.2. The van der Waals surface area contributed by atoms with Crippen LogP contribution in [0, 0.1) is 0 Å². The Kier molecular flexibility index (Phi) is 6.03. The van der Waals surface area contributed by atoms with E-state index in [9.17, 15) is 4.79 Å². The number of ether oxygens (including phenoxy) is 1. The van der Waals surface area contributed by atoms with Gasteiger partial charge in [0.05, 0.1) is 12.7 Å². The summed E-state index contributed by atoms with van der Waals surface area (Å²) in [6, 6.07) is 29.6. The Hall–Kier alpha value is -2.88. The van der Waals surface area contributed by atoms with Gasteiger partial charge in [-0.2, -0.15) is 0 Å². The third kappa shape index (κ3) is 4.18. The zero-order valence-corrected chi connectivity index (χ0v) is 18.6. The molecule has 0 fully saturated rings. The van der Waals surface area contributed by atoms with Gasteiger partial charge in [-0.15, -0.1) is 0 Å². The quantitative estimate of drug-likeness (QED) is 0.279. The molecule has 0 radical (unpaired) electrons. The van der Waals surface area contributed by atoms with Crippen molar-refractivity contribution in [1.29, 1.82) is 0 Å². The van der Waals surface area contributed by atoms with Crippen LogP contribution in [0.15, 0.2) is 95.5 Å². The normalized spacial score (nSPS) is 10.6. The molecule has 4 aromatic carbocycles. The fourth-order valence-electron chi connectivity index (χ4n) is 3.48. The molecular formula is C26H18BrClO2. The molecule has 0 saturated carbocycles. The third-order valence-electron chi connectivity index (χ3n) is 4.95. The number of rotatable bonds is 4. The molecule has 30 heavy (non-hydrogen) atoms. The number of hydrogen-bond donors (Lipinski definition) is 0. The summed E-state index contributed by atoms with van der Waals surface area (Å²) in [7, 11) is 1.41. The topological polar surface area (TPSA) is 26.3 Å². The zero-order chi connectivity index (χ0) is 21.1. The summed E-state index contributed by atoms with van der Waals surface area (Å²) in [5.74, 6) is -0.374. The number of carbonyl (C=O) groups excluding carboxylic acids is 1. The highest BCUT2D eigenvalue weighted by Crippen LogP contribution is 2.38. The SMILES string of the molecule is COC(=O)c1c(-c2ccccc2)cc(-c2ccc(Br)cc2)cc1-c1ccc(Cl)cc1. The molecule has 0 aromatic heterocycles. The number of carbonyl (C=O) groups is 1. The summed E-state index contributed by atoms with van der Waals surface area (Å²) >= 11 is 9.60. The van der Waals surface area contributed by atoms with Gasteiger partial charge in [0, 0.05) is 9.50 Å². The molecule has 2 nitrogen and oxygen atoms in total. The molecule has 0 saturated heterocycles. The van der Waals surface area contributed by atoms with Gasteiger partial charge in [0.25, 0.3) is 0 Å². The molecule has 0 spiro atoms. The van der Waals surface area contributed by atoms with Crippen molar-refractivity contribution < 1.29 is 9.53 Å². The van der Waals surface area contributed by atoms with E-state index >= 15 is 0 Å². The highest BCUT2D eigenvalue weighted by atomic mass is 79.9. The van der Waals surface area contributed by atoms with Crippen LogP contribution < -0.4 is 0 Å². The minimum Gasteiger partial charge on any atom is -0.465 e. The Labute approximate surface area is 189 Å². The minimum absolute atomic E-state index is 0.374. The molecule has 0 unspecified atom stereocenters. The molecule has 148 valence electrons. The predicted octanol–water partition coefficient (Wildman–Crippen LogP) is 7.89. The van der Waals surface area contributed by atoms with Crippen molar-refractivity contribution in [3.63, 3.8) is 0 Å². The highest BCUT2D eigenvalue weighted by molar-refractivity contribution is 9.10. The van der Waals surface area contributed by atoms with Crippen LogP contribution >= 0.6 is 27.5 Å². The lowest BCUT2D eigenvalue weighted by Crippen LogP contribution is -2.07. The Morgan fingerprint density at radius 2 is 1.27 bits per heavy atom. The molecule has 0 heterocycles. The van der Waals surface area contributed by atoms with Crippen LogP contribution in [0.3, 0.4) is 0 Å². The minimum atomic E-state index is -0.374. The summed E-state index contributed by atoms with van der Waals surface area (Å²) in [5, 5.41) is 0.644. The fraction of sp³-hybridized carbons (Fsp3) is 0.0385. The first-order valence-electron chi connectivity index (χ1n) is 9.40. The van der Waals surface area contributed by atoms with E-state index in [4.69, 9.17) is 16.3 Å². The van der Waals surface area contributed by atoms with Crippen LogP contribution in [0.5, 0.6) is 0 Å². The van der Waals surface area contributed by atoms with Crippen LogP contribution in [0.2, 0.25) is 5.02 Å². The van der Waals surface area contributed by atoms with E-state index in [-0.39, 0.29) is 5.97 Å².